The maximum atomic E-state index is 13.4. The van der Waals surface area contributed by atoms with Crippen LogP contribution in [0.15, 0.2) is 94.7 Å². The Bertz CT molecular complexity index is 2970. The number of anilines is 4. The fourth-order valence-corrected chi connectivity index (χ4v) is 12.0. The largest absolute Gasteiger partial charge is 0.399 e. The normalized spacial score (nSPS) is 15.6. The lowest BCUT2D eigenvalue weighted by Gasteiger charge is -2.26. The molecule has 0 bridgehead atoms. The molecule has 2 aliphatic carbocycles. The zero-order valence-electron chi connectivity index (χ0n) is 42.4. The zero-order chi connectivity index (χ0) is 50.1. The number of rotatable bonds is 12. The predicted molar refractivity (Wildman–Crippen MR) is 282 cm³/mol. The molecular weight excluding hydrogens is 905 g/mol. The van der Waals surface area contributed by atoms with E-state index in [1.165, 1.54) is 97.1 Å². The van der Waals surface area contributed by atoms with Crippen molar-refractivity contribution in [2.24, 2.45) is 17.8 Å². The van der Waals surface area contributed by atoms with Crippen LogP contribution in [0.5, 0.6) is 0 Å². The molecule has 2 aliphatic rings. The summed E-state index contributed by atoms with van der Waals surface area (Å²) >= 11 is 0. The molecule has 13 nitrogen and oxygen atoms in total. The highest BCUT2D eigenvalue weighted by molar-refractivity contribution is 7.93. The quantitative estimate of drug-likeness (QED) is 0.114. The van der Waals surface area contributed by atoms with Crippen LogP contribution in [0, 0.1) is 17.8 Å². The first-order valence-electron chi connectivity index (χ1n) is 24.7. The Morgan fingerprint density at radius 3 is 1.36 bits per heavy atom. The van der Waals surface area contributed by atoms with Crippen molar-refractivity contribution in [1.82, 2.24) is 19.1 Å². The fraction of sp³-hybridized carbons (Fsp3) is 0.500. The van der Waals surface area contributed by atoms with Crippen LogP contribution in [0.3, 0.4) is 0 Å². The summed E-state index contributed by atoms with van der Waals surface area (Å²) in [5.41, 5.74) is 11.5. The molecule has 8 rings (SSSR count). The van der Waals surface area contributed by atoms with Gasteiger partial charge in [0.05, 0.1) is 43.2 Å². The first-order chi connectivity index (χ1) is 32.4. The number of nitrogens with one attached hydrogen (secondary N) is 1. The van der Waals surface area contributed by atoms with Gasteiger partial charge in [-0.25, -0.2) is 26.8 Å². The van der Waals surface area contributed by atoms with E-state index >= 15 is 0 Å². The van der Waals surface area contributed by atoms with Crippen molar-refractivity contribution in [3.05, 3.63) is 96.6 Å². The molecule has 15 heteroatoms. The third-order valence-electron chi connectivity index (χ3n) is 13.7. The van der Waals surface area contributed by atoms with Gasteiger partial charge in [-0.15, -0.1) is 0 Å². The third kappa shape index (κ3) is 11.6. The van der Waals surface area contributed by atoms with Crippen molar-refractivity contribution in [3.63, 3.8) is 0 Å². The van der Waals surface area contributed by atoms with Crippen molar-refractivity contribution in [1.29, 1.82) is 0 Å². The van der Waals surface area contributed by atoms with E-state index in [4.69, 9.17) is 15.7 Å². The molecule has 372 valence electrons. The van der Waals surface area contributed by atoms with Gasteiger partial charge in [0.15, 0.2) is 0 Å². The molecule has 4 aromatic carbocycles. The number of carbonyl (C=O) groups excluding carboxylic acids is 1. The van der Waals surface area contributed by atoms with E-state index in [0.717, 1.165) is 46.8 Å². The number of hydrogen-bond acceptors (Lipinski definition) is 8. The number of sulfonamides is 2. The minimum atomic E-state index is -3.79. The van der Waals surface area contributed by atoms with Gasteiger partial charge in [0.1, 0.15) is 11.6 Å². The number of nitrogens with zero attached hydrogens (tertiary/aromatic N) is 6. The summed E-state index contributed by atoms with van der Waals surface area (Å²) < 4.78 is 60.4. The van der Waals surface area contributed by atoms with E-state index in [9.17, 15) is 21.6 Å². The molecule has 0 aliphatic heterocycles. The molecule has 2 heterocycles. The van der Waals surface area contributed by atoms with Gasteiger partial charge >= 0.3 is 0 Å². The number of amides is 1. The van der Waals surface area contributed by atoms with Crippen molar-refractivity contribution in [2.75, 3.05) is 33.8 Å². The second kappa shape index (κ2) is 20.5. The number of fused-ring (bicyclic) bond motifs is 2. The molecule has 0 spiro atoms. The van der Waals surface area contributed by atoms with E-state index in [-0.39, 0.29) is 32.4 Å². The van der Waals surface area contributed by atoms with Gasteiger partial charge in [0.25, 0.3) is 20.0 Å². The zero-order valence-corrected chi connectivity index (χ0v) is 44.1. The lowest BCUT2D eigenvalue weighted by atomic mass is 9.88. The predicted octanol–water partition coefficient (Wildman–Crippen LogP) is 11.7. The van der Waals surface area contributed by atoms with Gasteiger partial charge < -0.3 is 20.2 Å². The summed E-state index contributed by atoms with van der Waals surface area (Å²) in [5.74, 6) is 3.15. The van der Waals surface area contributed by atoms with Gasteiger partial charge in [0, 0.05) is 55.3 Å². The number of aromatic nitrogens is 4. The van der Waals surface area contributed by atoms with Gasteiger partial charge in [-0.1, -0.05) is 93.9 Å². The standard InChI is InChI=1S/C29H40N4O3S.C25H34N4O2S/c1-20(2)27(34)30-22-12-15-24(16-13-22)37(35,36)32(6)23-14-17-26-25(18-23)31-28(29(3,4)5)33(26)19-21-10-8-7-9-11-21;1-25(2,3)24-27-22-16-20(28(4)32(30,31)21-13-10-19(26)11-14-21)12-15-23(22)29(24)17-18-8-6-5-7-9-18/h12-18,20-21H,7-11,19H2,1-6H3,(H,30,34);10-16,18H,5-9,17,26H2,1-4H3. The van der Waals surface area contributed by atoms with Gasteiger partial charge in [-0.05, 0) is 122 Å². The summed E-state index contributed by atoms with van der Waals surface area (Å²) in [6.07, 6.45) is 12.9. The topological polar surface area (TPSA) is 166 Å². The molecule has 69 heavy (non-hydrogen) atoms. The number of imidazole rings is 2. The summed E-state index contributed by atoms with van der Waals surface area (Å²) in [6, 6.07) is 24.1. The molecule has 2 fully saturated rings. The van der Waals surface area contributed by atoms with Crippen molar-refractivity contribution in [3.8, 4) is 0 Å². The minimum absolute atomic E-state index is 0.101. The summed E-state index contributed by atoms with van der Waals surface area (Å²) in [7, 11) is -4.34. The molecular formula is C54H74N8O5S2. The SMILES string of the molecule is CC(C)C(=O)Nc1ccc(S(=O)(=O)N(C)c2ccc3c(c2)nc(C(C)(C)C)n3CC2CCCCC2)cc1.CN(c1ccc2c(c1)nc(C(C)(C)C)n2CC1CCCCC1)S(=O)(=O)c1ccc(N)cc1. The highest BCUT2D eigenvalue weighted by Crippen LogP contribution is 2.36. The van der Waals surface area contributed by atoms with Crippen LogP contribution in [-0.4, -0.2) is 55.9 Å². The fourth-order valence-electron chi connectivity index (χ4n) is 9.63. The van der Waals surface area contributed by atoms with Crippen LogP contribution >= 0.6 is 0 Å². The number of nitrogen functional groups attached to an aromatic ring is 1. The van der Waals surface area contributed by atoms with Crippen LogP contribution in [-0.2, 0) is 48.8 Å². The molecule has 0 radical (unpaired) electrons. The smallest absolute Gasteiger partial charge is 0.264 e. The molecule has 0 atom stereocenters. The Morgan fingerprint density at radius 2 is 1.00 bits per heavy atom. The Kier molecular flexibility index (Phi) is 15.3. The van der Waals surface area contributed by atoms with Gasteiger partial charge in [-0.3, -0.25) is 13.4 Å². The highest BCUT2D eigenvalue weighted by Gasteiger charge is 2.29. The average Bonchev–Trinajstić information content (AvgIpc) is 3.87. The molecule has 0 unspecified atom stereocenters. The Morgan fingerprint density at radius 1 is 0.623 bits per heavy atom. The molecule has 0 saturated heterocycles. The van der Waals surface area contributed by atoms with E-state index in [1.54, 1.807) is 38.4 Å². The van der Waals surface area contributed by atoms with Crippen LogP contribution in [0.2, 0.25) is 0 Å². The first-order valence-corrected chi connectivity index (χ1v) is 27.6. The number of hydrogen-bond donors (Lipinski definition) is 2. The summed E-state index contributed by atoms with van der Waals surface area (Å²) in [4.78, 5) is 22.3. The maximum absolute atomic E-state index is 13.4. The first kappa shape index (κ1) is 51.4. The van der Waals surface area contributed by atoms with Crippen molar-refractivity contribution in [2.45, 2.75) is 153 Å². The van der Waals surface area contributed by atoms with Gasteiger partial charge in [-0.2, -0.15) is 0 Å². The number of benzene rings is 4. The van der Waals surface area contributed by atoms with Crippen molar-refractivity contribution >= 4 is 70.8 Å². The highest BCUT2D eigenvalue weighted by atomic mass is 32.2. The van der Waals surface area contributed by atoms with E-state index in [2.05, 4.69) is 56.0 Å². The van der Waals surface area contributed by atoms with Crippen molar-refractivity contribution < 1.29 is 21.6 Å². The van der Waals surface area contributed by atoms with E-state index < -0.39 is 20.0 Å². The Balaban J connectivity index is 0.000000206. The maximum Gasteiger partial charge on any atom is 0.264 e. The van der Waals surface area contributed by atoms with Crippen LogP contribution in [0.25, 0.3) is 22.1 Å². The minimum Gasteiger partial charge on any atom is -0.399 e. The molecule has 1 amide bonds. The Hall–Kier alpha value is -5.41. The Labute approximate surface area is 411 Å². The lowest BCUT2D eigenvalue weighted by molar-refractivity contribution is -0.118. The second-order valence-corrected chi connectivity index (χ2v) is 25.6. The monoisotopic (exact) mass is 979 g/mol. The lowest BCUT2D eigenvalue weighted by Crippen LogP contribution is -2.26. The molecule has 2 saturated carbocycles. The number of carbonyl (C=O) groups is 1. The molecule has 6 aromatic rings. The van der Waals surface area contributed by atoms with E-state index in [0.29, 0.717) is 34.6 Å². The summed E-state index contributed by atoms with van der Waals surface area (Å²) in [6.45, 7) is 18.6. The van der Waals surface area contributed by atoms with Crippen LogP contribution in [0.1, 0.15) is 131 Å². The van der Waals surface area contributed by atoms with Crippen LogP contribution < -0.4 is 19.7 Å². The average molecular weight is 979 g/mol. The third-order valence-corrected chi connectivity index (χ3v) is 17.3. The molecule has 2 aromatic heterocycles. The van der Waals surface area contributed by atoms with Gasteiger partial charge in [0.2, 0.25) is 5.91 Å². The summed E-state index contributed by atoms with van der Waals surface area (Å²) in [5, 5.41) is 2.79. The van der Waals surface area contributed by atoms with Crippen LogP contribution in [0.4, 0.5) is 22.7 Å². The molecule has 3 N–H and O–H groups in total. The second-order valence-electron chi connectivity index (χ2n) is 21.6. The van der Waals surface area contributed by atoms with E-state index in [1.807, 2.05) is 50.2 Å². The number of nitrogens with two attached hydrogens (primary N) is 1.